The molecule has 3 N–H and O–H groups in total. The fourth-order valence-corrected chi connectivity index (χ4v) is 3.61. The molecule has 6 nitrogen and oxygen atoms in total. The minimum absolute atomic E-state index is 0.0756. The van der Waals surface area contributed by atoms with Crippen LogP contribution in [0, 0.1) is 6.92 Å². The number of thiazole rings is 1. The maximum atomic E-state index is 12.3. The summed E-state index contributed by atoms with van der Waals surface area (Å²) >= 11 is 1.34. The Balaban J connectivity index is 1.68. The number of rotatable bonds is 6. The van der Waals surface area contributed by atoms with Crippen LogP contribution in [0.4, 0.5) is 13.9 Å². The molecule has 0 unspecified atom stereocenters. The highest BCUT2D eigenvalue weighted by Crippen LogP contribution is 2.32. The molecule has 2 atom stereocenters. The highest BCUT2D eigenvalue weighted by Gasteiger charge is 2.30. The Labute approximate surface area is 153 Å². The van der Waals surface area contributed by atoms with Crippen LogP contribution in [0.1, 0.15) is 17.7 Å². The van der Waals surface area contributed by atoms with E-state index in [4.69, 9.17) is 10.5 Å². The summed E-state index contributed by atoms with van der Waals surface area (Å²) in [5, 5.41) is 3.24. The van der Waals surface area contributed by atoms with Gasteiger partial charge in [-0.2, -0.15) is 8.78 Å². The second-order valence-corrected chi connectivity index (χ2v) is 7.08. The average molecular weight is 383 g/mol. The number of halogens is 2. The molecule has 1 aromatic carbocycles. The second-order valence-electron chi connectivity index (χ2n) is 5.88. The smallest absolute Gasteiger partial charge is 0.387 e. The number of hydrogen-bond acceptors (Lipinski definition) is 6. The first-order valence-corrected chi connectivity index (χ1v) is 8.97. The van der Waals surface area contributed by atoms with Crippen LogP contribution >= 0.6 is 11.3 Å². The van der Waals surface area contributed by atoms with Gasteiger partial charge in [0, 0.05) is 17.0 Å². The number of hydrogen-bond donors (Lipinski definition) is 2. The molecule has 1 fully saturated rings. The Hall–Kier alpha value is -2.10. The summed E-state index contributed by atoms with van der Waals surface area (Å²) in [5.41, 5.74) is 6.99. The van der Waals surface area contributed by atoms with E-state index in [0.717, 1.165) is 16.9 Å². The first-order valence-electron chi connectivity index (χ1n) is 8.15. The summed E-state index contributed by atoms with van der Waals surface area (Å²) in [7, 11) is 0. The largest absolute Gasteiger partial charge is 0.435 e. The predicted octanol–water partition coefficient (Wildman–Crippen LogP) is 3.16. The molecular weight excluding hydrogens is 364 g/mol. The lowest BCUT2D eigenvalue weighted by molar-refractivity contribution is -0.126. The van der Waals surface area contributed by atoms with Gasteiger partial charge in [0.2, 0.25) is 0 Å². The molecule has 0 spiro atoms. The minimum Gasteiger partial charge on any atom is -0.435 e. The molecule has 2 aromatic rings. The van der Waals surface area contributed by atoms with Crippen LogP contribution in [0.25, 0.3) is 11.3 Å². The third-order valence-corrected chi connectivity index (χ3v) is 4.93. The molecule has 9 heteroatoms. The van der Waals surface area contributed by atoms with E-state index in [9.17, 15) is 13.6 Å². The van der Waals surface area contributed by atoms with Gasteiger partial charge in [0.15, 0.2) is 5.13 Å². The second kappa shape index (κ2) is 8.07. The van der Waals surface area contributed by atoms with Crippen molar-refractivity contribution >= 4 is 22.4 Å². The Kier molecular flexibility index (Phi) is 5.80. The quantitative estimate of drug-likeness (QED) is 0.800. The van der Waals surface area contributed by atoms with Crippen LogP contribution in [0.3, 0.4) is 0 Å². The van der Waals surface area contributed by atoms with Crippen molar-refractivity contribution in [3.63, 3.8) is 0 Å². The number of carbonyl (C=O) groups excluding carboxylic acids is 1. The van der Waals surface area contributed by atoms with Gasteiger partial charge < -0.3 is 15.2 Å². The fourth-order valence-electron chi connectivity index (χ4n) is 2.77. The molecule has 0 radical (unpaired) electrons. The van der Waals surface area contributed by atoms with E-state index in [1.807, 2.05) is 6.92 Å². The third kappa shape index (κ3) is 4.35. The van der Waals surface area contributed by atoms with Crippen molar-refractivity contribution < 1.29 is 23.0 Å². The van der Waals surface area contributed by atoms with Crippen molar-refractivity contribution in [1.29, 1.82) is 0 Å². The van der Waals surface area contributed by atoms with E-state index in [1.165, 1.54) is 23.5 Å². The summed E-state index contributed by atoms with van der Waals surface area (Å²) in [4.78, 5) is 17.6. The first kappa shape index (κ1) is 18.7. The number of nitrogens with one attached hydrogen (secondary N) is 1. The normalized spacial score (nSPS) is 19.7. The number of ether oxygens (including phenoxy) is 2. The van der Waals surface area contributed by atoms with Crippen molar-refractivity contribution in [2.24, 2.45) is 5.73 Å². The molecule has 2 heterocycles. The molecule has 1 aromatic heterocycles. The number of nitrogens with zero attached hydrogens (tertiary/aromatic N) is 1. The fraction of sp³-hybridized carbons (Fsp3) is 0.412. The molecule has 140 valence electrons. The number of anilines is 1. The standard InChI is InChI=1S/C17H19F2N3O3S/c1-9-14(10-2-4-11(5-3-10)25-16(18)19)21-17(26-9)22-15(23)13-7-6-12(8-20)24-13/h2-5,12-13,16H,6-8,20H2,1H3,(H,21,22,23)/t12-,13+/m1/s1. The maximum absolute atomic E-state index is 12.3. The summed E-state index contributed by atoms with van der Waals surface area (Å²) in [5.74, 6) is -0.153. The van der Waals surface area contributed by atoms with Crippen LogP contribution < -0.4 is 15.8 Å². The summed E-state index contributed by atoms with van der Waals surface area (Å²) in [6.07, 6.45) is 0.815. The van der Waals surface area contributed by atoms with Gasteiger partial charge in [-0.15, -0.1) is 11.3 Å². The van der Waals surface area contributed by atoms with E-state index < -0.39 is 12.7 Å². The lowest BCUT2D eigenvalue weighted by atomic mass is 10.1. The zero-order valence-corrected chi connectivity index (χ0v) is 14.9. The van der Waals surface area contributed by atoms with Crippen molar-refractivity contribution in [2.45, 2.75) is 38.6 Å². The zero-order chi connectivity index (χ0) is 18.7. The number of alkyl halides is 2. The van der Waals surface area contributed by atoms with E-state index in [-0.39, 0.29) is 17.8 Å². The van der Waals surface area contributed by atoms with Gasteiger partial charge in [-0.3, -0.25) is 10.1 Å². The van der Waals surface area contributed by atoms with Crippen LogP contribution in [-0.2, 0) is 9.53 Å². The van der Waals surface area contributed by atoms with Crippen LogP contribution in [-0.4, -0.2) is 36.3 Å². The maximum Gasteiger partial charge on any atom is 0.387 e. The van der Waals surface area contributed by atoms with Crippen molar-refractivity contribution in [2.75, 3.05) is 11.9 Å². The van der Waals surface area contributed by atoms with Gasteiger partial charge in [0.05, 0.1) is 11.8 Å². The van der Waals surface area contributed by atoms with Crippen molar-refractivity contribution in [1.82, 2.24) is 4.98 Å². The van der Waals surface area contributed by atoms with Crippen LogP contribution in [0.2, 0.25) is 0 Å². The molecular formula is C17H19F2N3O3S. The molecule has 1 saturated heterocycles. The topological polar surface area (TPSA) is 86.5 Å². The Morgan fingerprint density at radius 2 is 2.15 bits per heavy atom. The Bertz CT molecular complexity index is 767. The summed E-state index contributed by atoms with van der Waals surface area (Å²) < 4.78 is 34.3. The van der Waals surface area contributed by atoms with Gasteiger partial charge in [0.1, 0.15) is 11.9 Å². The predicted molar refractivity (Wildman–Crippen MR) is 94.5 cm³/mol. The van der Waals surface area contributed by atoms with E-state index in [1.54, 1.807) is 12.1 Å². The molecule has 0 aliphatic carbocycles. The molecule has 1 aliphatic rings. The first-order chi connectivity index (χ1) is 12.5. The van der Waals surface area contributed by atoms with Crippen LogP contribution in [0.15, 0.2) is 24.3 Å². The Morgan fingerprint density at radius 3 is 2.77 bits per heavy atom. The molecule has 1 amide bonds. The Morgan fingerprint density at radius 1 is 1.42 bits per heavy atom. The van der Waals surface area contributed by atoms with Crippen molar-refractivity contribution in [3.05, 3.63) is 29.1 Å². The SMILES string of the molecule is Cc1sc(NC(=O)[C@@H]2CC[C@H](CN)O2)nc1-c1ccc(OC(F)F)cc1. The van der Waals surface area contributed by atoms with Gasteiger partial charge in [-0.25, -0.2) is 4.98 Å². The lowest BCUT2D eigenvalue weighted by Gasteiger charge is -2.11. The molecule has 0 bridgehead atoms. The summed E-state index contributed by atoms with van der Waals surface area (Å²) in [6.45, 7) is -0.585. The lowest BCUT2D eigenvalue weighted by Crippen LogP contribution is -2.29. The number of benzene rings is 1. The number of aromatic nitrogens is 1. The monoisotopic (exact) mass is 383 g/mol. The van der Waals surface area contributed by atoms with Crippen molar-refractivity contribution in [3.8, 4) is 17.0 Å². The average Bonchev–Trinajstić information content (AvgIpc) is 3.22. The third-order valence-electron chi connectivity index (χ3n) is 4.04. The summed E-state index contributed by atoms with van der Waals surface area (Å²) in [6, 6.07) is 6.21. The molecule has 0 saturated carbocycles. The van der Waals surface area contributed by atoms with Gasteiger partial charge in [-0.1, -0.05) is 0 Å². The number of aryl methyl sites for hydroxylation is 1. The van der Waals surface area contributed by atoms with Gasteiger partial charge in [0.25, 0.3) is 5.91 Å². The molecule has 1 aliphatic heterocycles. The van der Waals surface area contributed by atoms with E-state index in [0.29, 0.717) is 23.8 Å². The number of amides is 1. The minimum atomic E-state index is -2.86. The van der Waals surface area contributed by atoms with Gasteiger partial charge in [-0.05, 0) is 44.0 Å². The van der Waals surface area contributed by atoms with Gasteiger partial charge >= 0.3 is 6.61 Å². The highest BCUT2D eigenvalue weighted by atomic mass is 32.1. The van der Waals surface area contributed by atoms with E-state index in [2.05, 4.69) is 15.0 Å². The number of nitrogens with two attached hydrogens (primary N) is 1. The zero-order valence-electron chi connectivity index (χ0n) is 14.1. The highest BCUT2D eigenvalue weighted by molar-refractivity contribution is 7.16. The number of carbonyl (C=O) groups is 1. The van der Waals surface area contributed by atoms with E-state index >= 15 is 0 Å². The van der Waals surface area contributed by atoms with Crippen LogP contribution in [0.5, 0.6) is 5.75 Å². The molecule has 3 rings (SSSR count). The molecule has 26 heavy (non-hydrogen) atoms.